The summed E-state index contributed by atoms with van der Waals surface area (Å²) >= 11 is 7.00. The number of imide groups is 2. The molecule has 4 aliphatic rings. The molecule has 59 heavy (non-hydrogen) atoms. The monoisotopic (exact) mass is 945 g/mol. The predicted molar refractivity (Wildman–Crippen MR) is 208 cm³/mol. The van der Waals surface area contributed by atoms with E-state index >= 15 is 4.79 Å². The number of hydrogen-bond donors (Lipinski definition) is 2. The van der Waals surface area contributed by atoms with Crippen molar-refractivity contribution in [2.24, 2.45) is 23.7 Å². The number of phenolic OH excluding ortho intramolecular Hbond substituents is 1. The van der Waals surface area contributed by atoms with E-state index in [1.54, 1.807) is 60.7 Å². The quantitative estimate of drug-likeness (QED) is 0.112. The van der Waals surface area contributed by atoms with Crippen molar-refractivity contribution in [1.82, 2.24) is 5.01 Å². The molecule has 0 aromatic heterocycles. The van der Waals surface area contributed by atoms with E-state index < -0.39 is 87.8 Å². The number of aryl methyl sites for hydroxylation is 1. The molecule has 0 radical (unpaired) electrons. The predicted octanol–water partition coefficient (Wildman–Crippen LogP) is 9.46. The zero-order valence-electron chi connectivity index (χ0n) is 30.8. The Bertz CT molecular complexity index is 2450. The lowest BCUT2D eigenvalue weighted by Crippen LogP contribution is -2.53. The van der Waals surface area contributed by atoms with Crippen LogP contribution in [0.15, 0.2) is 99.5 Å². The summed E-state index contributed by atoms with van der Waals surface area (Å²) in [6.45, 7) is 1.86. The number of benzene rings is 4. The molecule has 17 heteroatoms. The van der Waals surface area contributed by atoms with Crippen LogP contribution in [0.25, 0.3) is 0 Å². The number of anilines is 2. The molecule has 2 heterocycles. The summed E-state index contributed by atoms with van der Waals surface area (Å²) in [5.41, 5.74) is -0.531. The molecule has 2 aliphatic heterocycles. The number of methoxy groups -OCH3 is 1. The van der Waals surface area contributed by atoms with Crippen molar-refractivity contribution in [3.05, 3.63) is 127 Å². The molecule has 3 fully saturated rings. The Labute approximate surface area is 349 Å². The van der Waals surface area contributed by atoms with Gasteiger partial charge in [-0.15, -0.1) is 0 Å². The number of carbonyl (C=O) groups is 4. The number of allylic oxidation sites excluding steroid dienone is 2. The number of halogens is 8. The van der Waals surface area contributed by atoms with Crippen LogP contribution in [0.4, 0.5) is 37.7 Å². The number of hydrazine groups is 1. The van der Waals surface area contributed by atoms with Crippen molar-refractivity contribution >= 4 is 66.9 Å². The van der Waals surface area contributed by atoms with Gasteiger partial charge in [-0.25, -0.2) is 4.90 Å². The fraction of sp³-hybridized carbons (Fsp3) is 0.286. The van der Waals surface area contributed by atoms with E-state index in [4.69, 9.17) is 4.74 Å². The highest BCUT2D eigenvalue weighted by molar-refractivity contribution is 9.13. The van der Waals surface area contributed by atoms with Gasteiger partial charge in [-0.05, 0) is 105 Å². The highest BCUT2D eigenvalue weighted by atomic mass is 79.9. The minimum absolute atomic E-state index is 0.0130. The molecule has 2 aliphatic carbocycles. The molecule has 9 nitrogen and oxygen atoms in total. The number of nitrogens with one attached hydrogen (secondary N) is 1. The summed E-state index contributed by atoms with van der Waals surface area (Å²) in [6.07, 6.45) is -9.20. The maximum atomic E-state index is 15.4. The van der Waals surface area contributed by atoms with Crippen LogP contribution < -0.4 is 15.1 Å². The minimum Gasteiger partial charge on any atom is -0.503 e. The highest BCUT2D eigenvalue weighted by Crippen LogP contribution is 2.66. The number of rotatable bonds is 6. The standard InChI is InChI=1S/C42H31Br2F6N3O6/c1-19-8-10-23(11-9-19)51-53-37(56)29-17-27-25(32(28-18-30(59-2)35(54)34(44)33(28)43)40(29,39(53)58)20-6-4-3-5-7-20)12-13-26-31(27)38(57)52(36(26)55)24-15-21(41(45,46)47)14-22(16-24)42(48,49)50/h3-12,14-16,18,26-27,29,31-32,51,54H,13,17H2,1-2H3. The van der Waals surface area contributed by atoms with Gasteiger partial charge in [0.05, 0.1) is 57.3 Å². The summed E-state index contributed by atoms with van der Waals surface area (Å²) < 4.78 is 89.7. The average molecular weight is 948 g/mol. The second-order valence-electron chi connectivity index (χ2n) is 15.0. The smallest absolute Gasteiger partial charge is 0.416 e. The number of fused-ring (bicyclic) bond motifs is 4. The number of phenols is 1. The number of ether oxygens (including phenoxy) is 1. The second-order valence-corrected chi connectivity index (χ2v) is 16.6. The Kier molecular flexibility index (Phi) is 9.81. The molecule has 0 spiro atoms. The van der Waals surface area contributed by atoms with E-state index in [2.05, 4.69) is 37.3 Å². The molecule has 8 rings (SSSR count). The summed E-state index contributed by atoms with van der Waals surface area (Å²) in [7, 11) is 1.32. The van der Waals surface area contributed by atoms with Crippen LogP contribution in [0.2, 0.25) is 0 Å². The summed E-state index contributed by atoms with van der Waals surface area (Å²) in [6, 6.07) is 17.6. The molecule has 6 atom stereocenters. The Morgan fingerprint density at radius 3 is 2.03 bits per heavy atom. The van der Waals surface area contributed by atoms with Gasteiger partial charge in [0.1, 0.15) is 0 Å². The van der Waals surface area contributed by atoms with Crippen molar-refractivity contribution in [3.8, 4) is 11.5 Å². The third-order valence-electron chi connectivity index (χ3n) is 11.9. The third-order valence-corrected chi connectivity index (χ3v) is 14.1. The molecule has 1 saturated carbocycles. The lowest BCUT2D eigenvalue weighted by atomic mass is 9.49. The molecule has 6 unspecified atom stereocenters. The van der Waals surface area contributed by atoms with E-state index in [0.717, 1.165) is 10.6 Å². The van der Waals surface area contributed by atoms with E-state index in [1.165, 1.54) is 13.2 Å². The Morgan fingerprint density at radius 1 is 0.814 bits per heavy atom. The largest absolute Gasteiger partial charge is 0.503 e. The molecule has 4 amide bonds. The average Bonchev–Trinajstić information content (AvgIpc) is 3.58. The van der Waals surface area contributed by atoms with Gasteiger partial charge in [0.25, 0.3) is 11.8 Å². The second kappa shape index (κ2) is 14.2. The SMILES string of the molecule is COc1cc(C2C3=CCC4C(=O)N(c5cc(C(F)(F)F)cc(C(F)(F)F)c5)C(=O)C4C3CC3C(=O)N(Nc4ccc(C)cc4)C(=O)C32c2ccccc2)c(Br)c(Br)c1O. The summed E-state index contributed by atoms with van der Waals surface area (Å²) in [5.74, 6) is -9.61. The van der Waals surface area contributed by atoms with Crippen LogP contribution in [0, 0.1) is 30.6 Å². The first kappa shape index (κ1) is 40.6. The lowest BCUT2D eigenvalue weighted by molar-refractivity contribution is -0.143. The number of hydrogen-bond acceptors (Lipinski definition) is 7. The minimum atomic E-state index is -5.25. The van der Waals surface area contributed by atoms with Crippen LogP contribution in [0.5, 0.6) is 11.5 Å². The first-order valence-corrected chi connectivity index (χ1v) is 19.8. The van der Waals surface area contributed by atoms with Crippen molar-refractivity contribution in [2.45, 2.75) is 43.5 Å². The van der Waals surface area contributed by atoms with Crippen LogP contribution in [-0.4, -0.2) is 40.9 Å². The zero-order valence-corrected chi connectivity index (χ0v) is 34.0. The fourth-order valence-electron chi connectivity index (χ4n) is 9.39. The van der Waals surface area contributed by atoms with Gasteiger partial charge in [0, 0.05) is 10.4 Å². The van der Waals surface area contributed by atoms with Crippen LogP contribution in [0.1, 0.15) is 46.6 Å². The van der Waals surface area contributed by atoms with Crippen molar-refractivity contribution in [1.29, 1.82) is 0 Å². The highest BCUT2D eigenvalue weighted by Gasteiger charge is 2.70. The number of alkyl halides is 6. The van der Waals surface area contributed by atoms with Crippen LogP contribution in [-0.2, 0) is 36.9 Å². The first-order valence-electron chi connectivity index (χ1n) is 18.2. The number of aromatic hydroxyl groups is 1. The number of amides is 4. The Morgan fingerprint density at radius 2 is 1.44 bits per heavy atom. The molecule has 4 aromatic rings. The van der Waals surface area contributed by atoms with Crippen LogP contribution >= 0.6 is 31.9 Å². The lowest BCUT2D eigenvalue weighted by Gasteiger charge is -2.51. The molecule has 306 valence electrons. The Balaban J connectivity index is 1.34. The Hall–Kier alpha value is -5.16. The van der Waals surface area contributed by atoms with Crippen molar-refractivity contribution in [3.63, 3.8) is 0 Å². The van der Waals surface area contributed by atoms with E-state index in [9.17, 15) is 45.8 Å². The summed E-state index contributed by atoms with van der Waals surface area (Å²) in [4.78, 5) is 59.5. The molecule has 0 bridgehead atoms. The third kappa shape index (κ3) is 6.25. The normalized spacial score (nSPS) is 25.5. The van der Waals surface area contributed by atoms with E-state index in [0.29, 0.717) is 39.4 Å². The molecule has 2 saturated heterocycles. The van der Waals surface area contributed by atoms with Gasteiger partial charge >= 0.3 is 12.4 Å². The first-order chi connectivity index (χ1) is 27.8. The van der Waals surface area contributed by atoms with Gasteiger partial charge in [-0.1, -0.05) is 59.7 Å². The number of carbonyl (C=O) groups excluding carboxylic acids is 4. The van der Waals surface area contributed by atoms with Gasteiger partial charge in [-0.3, -0.25) is 24.6 Å². The van der Waals surface area contributed by atoms with E-state index in [-0.39, 0.29) is 39.4 Å². The summed E-state index contributed by atoms with van der Waals surface area (Å²) in [5, 5.41) is 11.9. The maximum absolute atomic E-state index is 15.4. The van der Waals surface area contributed by atoms with Crippen molar-refractivity contribution in [2.75, 3.05) is 17.4 Å². The van der Waals surface area contributed by atoms with Gasteiger partial charge < -0.3 is 9.84 Å². The van der Waals surface area contributed by atoms with Crippen LogP contribution in [0.3, 0.4) is 0 Å². The van der Waals surface area contributed by atoms with Gasteiger partial charge in [0.2, 0.25) is 11.8 Å². The molecular formula is C42H31Br2F6N3O6. The van der Waals surface area contributed by atoms with Gasteiger partial charge in [-0.2, -0.15) is 31.4 Å². The number of nitrogens with zero attached hydrogens (tertiary/aromatic N) is 2. The molecule has 2 N–H and O–H groups in total. The fourth-order valence-corrected chi connectivity index (χ4v) is 10.3. The molecular weight excluding hydrogens is 916 g/mol. The van der Waals surface area contributed by atoms with E-state index in [1.807, 2.05) is 6.92 Å². The van der Waals surface area contributed by atoms with Crippen molar-refractivity contribution < 1.29 is 55.4 Å². The zero-order chi connectivity index (χ0) is 42.5. The topological polar surface area (TPSA) is 116 Å². The van der Waals surface area contributed by atoms with Gasteiger partial charge in [0.15, 0.2) is 11.5 Å². The maximum Gasteiger partial charge on any atom is 0.416 e. The molecule has 4 aromatic carbocycles.